The Morgan fingerprint density at radius 1 is 1.53 bits per heavy atom. The summed E-state index contributed by atoms with van der Waals surface area (Å²) in [5, 5.41) is 12.6. The predicted molar refractivity (Wildman–Crippen MR) is 72.8 cm³/mol. The normalized spacial score (nSPS) is 35.2. The largest absolute Gasteiger partial charge is 0.394 e. The van der Waals surface area contributed by atoms with E-state index in [4.69, 9.17) is 4.74 Å². The van der Waals surface area contributed by atoms with Gasteiger partial charge in [-0.3, -0.25) is 4.79 Å². The number of carbonyl (C=O) groups is 1. The highest BCUT2D eigenvalue weighted by Crippen LogP contribution is 2.23. The minimum Gasteiger partial charge on any atom is -0.394 e. The Morgan fingerprint density at radius 2 is 2.26 bits per heavy atom. The highest BCUT2D eigenvalue weighted by atomic mass is 16.5. The van der Waals surface area contributed by atoms with Crippen molar-refractivity contribution in [1.82, 2.24) is 10.2 Å². The van der Waals surface area contributed by atoms with Gasteiger partial charge >= 0.3 is 0 Å². The molecule has 0 aromatic heterocycles. The molecule has 5 heteroatoms. The molecule has 0 aliphatic carbocycles. The molecule has 19 heavy (non-hydrogen) atoms. The second-order valence-corrected chi connectivity index (χ2v) is 6.54. The van der Waals surface area contributed by atoms with E-state index in [9.17, 15) is 9.90 Å². The van der Waals surface area contributed by atoms with Gasteiger partial charge in [0.1, 0.15) is 0 Å². The number of morpholine rings is 1. The Balaban J connectivity index is 2.01. The van der Waals surface area contributed by atoms with E-state index in [2.05, 4.69) is 12.2 Å². The summed E-state index contributed by atoms with van der Waals surface area (Å²) in [5.41, 5.74) is -0.387. The van der Waals surface area contributed by atoms with Crippen molar-refractivity contribution < 1.29 is 14.6 Å². The molecular weight excluding hydrogens is 244 g/mol. The molecule has 0 spiro atoms. The van der Waals surface area contributed by atoms with Gasteiger partial charge in [0.15, 0.2) is 0 Å². The highest BCUT2D eigenvalue weighted by Gasteiger charge is 2.38. The number of carbonyl (C=O) groups excluding carboxylic acids is 1. The van der Waals surface area contributed by atoms with Crippen molar-refractivity contribution in [2.24, 2.45) is 5.92 Å². The summed E-state index contributed by atoms with van der Waals surface area (Å²) < 4.78 is 5.75. The van der Waals surface area contributed by atoms with E-state index in [1.54, 1.807) is 0 Å². The smallest absolute Gasteiger partial charge is 0.239 e. The molecule has 0 radical (unpaired) electrons. The van der Waals surface area contributed by atoms with Crippen LogP contribution >= 0.6 is 0 Å². The lowest BCUT2D eigenvalue weighted by Crippen LogP contribution is -2.59. The predicted octanol–water partition coefficient (Wildman–Crippen LogP) is 0.373. The number of aliphatic hydroxyl groups excluding tert-OH is 1. The fourth-order valence-corrected chi connectivity index (χ4v) is 3.07. The van der Waals surface area contributed by atoms with E-state index in [1.807, 2.05) is 18.7 Å². The Morgan fingerprint density at radius 3 is 2.89 bits per heavy atom. The summed E-state index contributed by atoms with van der Waals surface area (Å²) >= 11 is 0. The molecule has 3 atom stereocenters. The van der Waals surface area contributed by atoms with E-state index in [1.165, 1.54) is 0 Å². The number of nitrogens with zero attached hydrogens (tertiary/aromatic N) is 1. The van der Waals surface area contributed by atoms with Crippen molar-refractivity contribution >= 4 is 5.91 Å². The zero-order chi connectivity index (χ0) is 14.0. The fourth-order valence-electron chi connectivity index (χ4n) is 3.07. The number of piperidine rings is 1. The zero-order valence-corrected chi connectivity index (χ0v) is 12.2. The number of aliphatic hydroxyl groups is 1. The van der Waals surface area contributed by atoms with Gasteiger partial charge in [0.2, 0.25) is 5.91 Å². The molecule has 2 rings (SSSR count). The molecule has 2 heterocycles. The van der Waals surface area contributed by atoms with E-state index >= 15 is 0 Å². The lowest BCUT2D eigenvalue weighted by atomic mass is 9.93. The van der Waals surface area contributed by atoms with E-state index < -0.39 is 0 Å². The molecule has 2 aliphatic heterocycles. The molecule has 0 bridgehead atoms. The quantitative estimate of drug-likeness (QED) is 0.761. The Hall–Kier alpha value is -0.650. The summed E-state index contributed by atoms with van der Waals surface area (Å²) in [6, 6.07) is -0.0722. The van der Waals surface area contributed by atoms with Crippen LogP contribution in [0.1, 0.15) is 33.6 Å². The lowest BCUT2D eigenvalue weighted by molar-refractivity contribution is -0.169. The van der Waals surface area contributed by atoms with E-state index in [0.717, 1.165) is 19.4 Å². The molecule has 2 saturated heterocycles. The van der Waals surface area contributed by atoms with Crippen molar-refractivity contribution in [2.45, 2.75) is 51.4 Å². The van der Waals surface area contributed by atoms with Gasteiger partial charge in [-0.1, -0.05) is 6.92 Å². The molecule has 2 fully saturated rings. The van der Waals surface area contributed by atoms with Gasteiger partial charge < -0.3 is 20.1 Å². The standard InChI is InChI=1S/C14H26N2O3/c1-10-4-5-15-12(6-10)13(18)16-7-11(8-17)19-14(2,3)9-16/h10-12,15,17H,4-9H2,1-3H3. The first-order valence-corrected chi connectivity index (χ1v) is 7.22. The maximum Gasteiger partial charge on any atom is 0.239 e. The molecule has 5 nitrogen and oxygen atoms in total. The van der Waals surface area contributed by atoms with Gasteiger partial charge in [-0.25, -0.2) is 0 Å². The second kappa shape index (κ2) is 5.77. The molecule has 1 amide bonds. The molecule has 0 aromatic rings. The van der Waals surface area contributed by atoms with Crippen LogP contribution in [0.3, 0.4) is 0 Å². The van der Waals surface area contributed by atoms with Crippen LogP contribution in [0.2, 0.25) is 0 Å². The number of ether oxygens (including phenoxy) is 1. The fraction of sp³-hybridized carbons (Fsp3) is 0.929. The van der Waals surface area contributed by atoms with Crippen LogP contribution in [0.25, 0.3) is 0 Å². The van der Waals surface area contributed by atoms with Crippen LogP contribution in [-0.4, -0.2) is 59.9 Å². The van der Waals surface area contributed by atoms with Gasteiger partial charge in [0.25, 0.3) is 0 Å². The van der Waals surface area contributed by atoms with Crippen molar-refractivity contribution in [3.8, 4) is 0 Å². The van der Waals surface area contributed by atoms with Gasteiger partial charge in [0, 0.05) is 13.1 Å². The Kier molecular flexibility index (Phi) is 4.48. The highest BCUT2D eigenvalue weighted by molar-refractivity contribution is 5.82. The van der Waals surface area contributed by atoms with Crippen molar-refractivity contribution in [3.63, 3.8) is 0 Å². The number of hydrogen-bond donors (Lipinski definition) is 2. The molecule has 3 unspecified atom stereocenters. The Labute approximate surface area is 115 Å². The van der Waals surface area contributed by atoms with Gasteiger partial charge in [0.05, 0.1) is 24.4 Å². The third-order valence-electron chi connectivity index (χ3n) is 3.96. The Bertz CT molecular complexity index is 333. The van der Waals surface area contributed by atoms with Gasteiger partial charge in [-0.2, -0.15) is 0 Å². The van der Waals surface area contributed by atoms with Crippen molar-refractivity contribution in [2.75, 3.05) is 26.2 Å². The average Bonchev–Trinajstić information content (AvgIpc) is 2.36. The molecule has 0 aromatic carbocycles. The summed E-state index contributed by atoms with van der Waals surface area (Å²) in [6.07, 6.45) is 1.77. The van der Waals surface area contributed by atoms with Gasteiger partial charge in [-0.05, 0) is 39.2 Å². The second-order valence-electron chi connectivity index (χ2n) is 6.54. The van der Waals surface area contributed by atoms with Crippen LogP contribution in [-0.2, 0) is 9.53 Å². The lowest BCUT2D eigenvalue weighted by Gasteiger charge is -2.44. The van der Waals surface area contributed by atoms with Crippen LogP contribution in [0, 0.1) is 5.92 Å². The van der Waals surface area contributed by atoms with E-state index in [-0.39, 0.29) is 30.3 Å². The third-order valence-corrected chi connectivity index (χ3v) is 3.96. The monoisotopic (exact) mass is 270 g/mol. The number of hydrogen-bond acceptors (Lipinski definition) is 4. The van der Waals surface area contributed by atoms with Crippen LogP contribution in [0.4, 0.5) is 0 Å². The number of amides is 1. The van der Waals surface area contributed by atoms with Crippen LogP contribution in [0.5, 0.6) is 0 Å². The van der Waals surface area contributed by atoms with Crippen molar-refractivity contribution in [3.05, 3.63) is 0 Å². The maximum atomic E-state index is 12.6. The first-order valence-electron chi connectivity index (χ1n) is 7.22. The molecule has 110 valence electrons. The first-order chi connectivity index (χ1) is 8.91. The summed E-state index contributed by atoms with van der Waals surface area (Å²) in [6.45, 7) is 8.08. The van der Waals surface area contributed by atoms with Gasteiger partial charge in [-0.15, -0.1) is 0 Å². The number of rotatable bonds is 2. The summed E-state index contributed by atoms with van der Waals surface area (Å²) in [5.74, 6) is 0.749. The molecule has 2 N–H and O–H groups in total. The minimum absolute atomic E-state index is 0.0400. The van der Waals surface area contributed by atoms with E-state index in [0.29, 0.717) is 19.0 Å². The van der Waals surface area contributed by atoms with Crippen LogP contribution in [0.15, 0.2) is 0 Å². The average molecular weight is 270 g/mol. The third kappa shape index (κ3) is 3.68. The molecule has 0 saturated carbocycles. The summed E-state index contributed by atoms with van der Waals surface area (Å²) in [7, 11) is 0. The summed E-state index contributed by atoms with van der Waals surface area (Å²) in [4.78, 5) is 14.4. The first kappa shape index (κ1) is 14.8. The number of nitrogens with one attached hydrogen (secondary N) is 1. The molecular formula is C14H26N2O3. The molecule has 2 aliphatic rings. The zero-order valence-electron chi connectivity index (χ0n) is 12.2. The maximum absolute atomic E-state index is 12.6. The minimum atomic E-state index is -0.387. The van der Waals surface area contributed by atoms with Crippen molar-refractivity contribution in [1.29, 1.82) is 0 Å². The SMILES string of the molecule is CC1CCNC(C(=O)N2CC(CO)OC(C)(C)C2)C1. The van der Waals surface area contributed by atoms with Crippen LogP contribution < -0.4 is 5.32 Å². The topological polar surface area (TPSA) is 61.8 Å².